The van der Waals surface area contributed by atoms with E-state index in [0.29, 0.717) is 35.5 Å². The van der Waals surface area contributed by atoms with Crippen LogP contribution in [0.25, 0.3) is 31.9 Å². The van der Waals surface area contributed by atoms with Gasteiger partial charge in [-0.05, 0) is 111 Å². The quantitative estimate of drug-likeness (QED) is 0.158. The third kappa shape index (κ3) is 7.57. The zero-order valence-electron chi connectivity index (χ0n) is 32.4. The number of hydrogen-bond donors (Lipinski definition) is 0. The van der Waals surface area contributed by atoms with Crippen LogP contribution in [-0.4, -0.2) is 34.0 Å². The molecule has 4 aromatic rings. The number of benzene rings is 1. The number of nitrogens with zero attached hydrogens (tertiary/aromatic N) is 2. The minimum Gasteiger partial charge on any atom is -0.486 e. The lowest BCUT2D eigenvalue weighted by Gasteiger charge is -2.34. The number of ether oxygens (including phenoxy) is 3. The Morgan fingerprint density at radius 3 is 1.49 bits per heavy atom. The molecule has 0 saturated heterocycles. The van der Waals surface area contributed by atoms with Gasteiger partial charge in [-0.25, -0.2) is 0 Å². The maximum atomic E-state index is 12.5. The van der Waals surface area contributed by atoms with Gasteiger partial charge in [0.25, 0.3) is 0 Å². The molecule has 4 fully saturated rings. The largest absolute Gasteiger partial charge is 0.486 e. The Morgan fingerprint density at radius 1 is 0.585 bits per heavy atom. The number of rotatable bonds is 9. The molecule has 53 heavy (non-hydrogen) atoms. The molecule has 0 N–H and O–H groups in total. The lowest BCUT2D eigenvalue weighted by Crippen LogP contribution is -2.29. The Labute approximate surface area is 328 Å². The molecule has 6 nitrogen and oxygen atoms in total. The summed E-state index contributed by atoms with van der Waals surface area (Å²) in [5, 5.41) is 0. The van der Waals surface area contributed by atoms with E-state index >= 15 is 0 Å². The Kier molecular flexibility index (Phi) is 11.5. The molecule has 0 aliphatic heterocycles. The lowest BCUT2D eigenvalue weighted by molar-refractivity contribution is -0.147. The summed E-state index contributed by atoms with van der Waals surface area (Å²) >= 11 is 5.16. The SMILES string of the molecule is COC(=O)C1CCC(Oc2c(OC3CCCCC3)c(-c3ccc(C4C(C)CCCC4C)s3)c3nsnc3c2-c2ccc(C3C(C)CCCC3C)s2)CC1. The Bertz CT molecular complexity index is 1840. The summed E-state index contributed by atoms with van der Waals surface area (Å²) in [6.07, 6.45) is 16.8. The number of carbonyl (C=O) groups excluding carboxylic acids is 1. The van der Waals surface area contributed by atoms with Gasteiger partial charge in [0.1, 0.15) is 11.0 Å². The Morgan fingerprint density at radius 2 is 1.04 bits per heavy atom. The average molecular weight is 775 g/mol. The van der Waals surface area contributed by atoms with Crippen LogP contribution >= 0.6 is 34.4 Å². The van der Waals surface area contributed by atoms with Crippen molar-refractivity contribution in [3.63, 3.8) is 0 Å². The molecule has 4 saturated carbocycles. The molecule has 8 rings (SSSR count). The molecule has 9 heteroatoms. The standard InChI is InChI=1S/C44H58N2O4S3/c1-25-11-9-12-26(2)36(25)32-21-23-34(51-32)38-40-41(46-53-45-40)39(35-24-22-33(52-35)37-27(3)13-10-14-28(37)4)43(42(38)49-30-15-7-6-8-16-30)50-31-19-17-29(18-20-31)44(47)48-5/h21-31,36-37H,6-20H2,1-5H3. The van der Waals surface area contributed by atoms with Crippen molar-refractivity contribution in [3.05, 3.63) is 34.0 Å². The van der Waals surface area contributed by atoms with Crippen LogP contribution in [0.3, 0.4) is 0 Å². The second-order valence-electron chi connectivity index (χ2n) is 17.1. The minimum atomic E-state index is -0.102. The van der Waals surface area contributed by atoms with E-state index in [4.69, 9.17) is 23.0 Å². The molecule has 4 unspecified atom stereocenters. The van der Waals surface area contributed by atoms with Crippen molar-refractivity contribution in [2.45, 2.75) is 148 Å². The number of aromatic nitrogens is 2. The molecule has 0 amide bonds. The van der Waals surface area contributed by atoms with E-state index in [2.05, 4.69) is 52.0 Å². The highest BCUT2D eigenvalue weighted by atomic mass is 32.1. The predicted molar refractivity (Wildman–Crippen MR) is 220 cm³/mol. The topological polar surface area (TPSA) is 70.5 Å². The molecule has 0 radical (unpaired) electrons. The fourth-order valence-corrected chi connectivity index (χ4v) is 14.0. The number of fused-ring (bicyclic) bond motifs is 1. The highest BCUT2D eigenvalue weighted by molar-refractivity contribution is 7.16. The van der Waals surface area contributed by atoms with Gasteiger partial charge in [0, 0.05) is 19.5 Å². The van der Waals surface area contributed by atoms with Gasteiger partial charge in [-0.1, -0.05) is 72.6 Å². The maximum Gasteiger partial charge on any atom is 0.308 e. The second-order valence-corrected chi connectivity index (χ2v) is 19.8. The van der Waals surface area contributed by atoms with Crippen molar-refractivity contribution >= 4 is 51.4 Å². The summed E-state index contributed by atoms with van der Waals surface area (Å²) in [5.41, 5.74) is 3.95. The molecular weight excluding hydrogens is 717 g/mol. The monoisotopic (exact) mass is 774 g/mol. The summed E-state index contributed by atoms with van der Waals surface area (Å²) in [6.45, 7) is 9.77. The van der Waals surface area contributed by atoms with Crippen LogP contribution in [0, 0.1) is 29.6 Å². The van der Waals surface area contributed by atoms with Crippen LogP contribution in [0.15, 0.2) is 24.3 Å². The molecule has 0 bridgehead atoms. The van der Waals surface area contributed by atoms with E-state index in [1.807, 2.05) is 22.7 Å². The first-order valence-electron chi connectivity index (χ1n) is 20.7. The van der Waals surface area contributed by atoms with E-state index in [-0.39, 0.29) is 24.1 Å². The molecule has 3 aromatic heterocycles. The van der Waals surface area contributed by atoms with Gasteiger partial charge in [0.2, 0.25) is 0 Å². The fraction of sp³-hybridized carbons (Fsp3) is 0.659. The van der Waals surface area contributed by atoms with Crippen molar-refractivity contribution in [3.8, 4) is 32.4 Å². The average Bonchev–Trinajstić information content (AvgIpc) is 3.95. The number of thiophene rings is 2. The Balaban J connectivity index is 1.29. The fourth-order valence-electron chi connectivity index (χ4n) is 10.6. The first-order chi connectivity index (χ1) is 25.8. The van der Waals surface area contributed by atoms with Gasteiger partial charge < -0.3 is 14.2 Å². The number of hydrogen-bond acceptors (Lipinski definition) is 9. The summed E-state index contributed by atoms with van der Waals surface area (Å²) in [4.78, 5) is 17.9. The highest BCUT2D eigenvalue weighted by Crippen LogP contribution is 2.56. The van der Waals surface area contributed by atoms with E-state index in [0.717, 1.165) is 72.2 Å². The maximum absolute atomic E-state index is 12.5. The van der Waals surface area contributed by atoms with Crippen LogP contribution < -0.4 is 9.47 Å². The zero-order valence-corrected chi connectivity index (χ0v) is 34.8. The third-order valence-corrected chi connectivity index (χ3v) is 16.4. The van der Waals surface area contributed by atoms with Crippen molar-refractivity contribution in [2.24, 2.45) is 29.6 Å². The number of methoxy groups -OCH3 is 1. The normalized spacial score (nSPS) is 30.0. The summed E-state index contributed by atoms with van der Waals surface area (Å²) in [5.74, 6) is 5.35. The molecule has 4 aliphatic rings. The van der Waals surface area contributed by atoms with E-state index in [9.17, 15) is 4.79 Å². The second kappa shape index (κ2) is 16.3. The van der Waals surface area contributed by atoms with Crippen LogP contribution in [0.2, 0.25) is 0 Å². The highest BCUT2D eigenvalue weighted by Gasteiger charge is 2.37. The minimum absolute atomic E-state index is 0.0269. The van der Waals surface area contributed by atoms with Crippen LogP contribution in [0.1, 0.15) is 146 Å². The number of carbonyl (C=O) groups is 1. The van der Waals surface area contributed by atoms with E-state index < -0.39 is 0 Å². The van der Waals surface area contributed by atoms with Crippen molar-refractivity contribution in [2.75, 3.05) is 7.11 Å². The predicted octanol–water partition coefficient (Wildman–Crippen LogP) is 13.0. The van der Waals surface area contributed by atoms with Gasteiger partial charge in [-0.3, -0.25) is 4.79 Å². The molecule has 3 heterocycles. The summed E-state index contributed by atoms with van der Waals surface area (Å²) in [6, 6.07) is 9.42. The number of esters is 1. The van der Waals surface area contributed by atoms with Crippen molar-refractivity contribution < 1.29 is 19.0 Å². The first kappa shape index (κ1) is 37.4. The van der Waals surface area contributed by atoms with Gasteiger partial charge in [0.05, 0.1) is 48.1 Å². The van der Waals surface area contributed by atoms with Crippen molar-refractivity contribution in [1.82, 2.24) is 8.75 Å². The zero-order chi connectivity index (χ0) is 36.6. The Hall–Kier alpha value is -2.49. The summed E-state index contributed by atoms with van der Waals surface area (Å²) < 4.78 is 30.0. The van der Waals surface area contributed by atoms with Crippen molar-refractivity contribution in [1.29, 1.82) is 0 Å². The molecule has 286 valence electrons. The smallest absolute Gasteiger partial charge is 0.308 e. The third-order valence-electron chi connectivity index (χ3n) is 13.4. The molecule has 1 aromatic carbocycles. The first-order valence-corrected chi connectivity index (χ1v) is 23.1. The van der Waals surface area contributed by atoms with E-state index in [1.165, 1.54) is 96.1 Å². The van der Waals surface area contributed by atoms with Gasteiger partial charge >= 0.3 is 5.97 Å². The van der Waals surface area contributed by atoms with E-state index in [1.54, 1.807) is 0 Å². The molecule has 4 atom stereocenters. The van der Waals surface area contributed by atoms with Crippen LogP contribution in [0.4, 0.5) is 0 Å². The summed E-state index contributed by atoms with van der Waals surface area (Å²) in [7, 11) is 1.50. The lowest BCUT2D eigenvalue weighted by atomic mass is 9.73. The van der Waals surface area contributed by atoms with Crippen LogP contribution in [-0.2, 0) is 9.53 Å². The van der Waals surface area contributed by atoms with Gasteiger partial charge in [0.15, 0.2) is 11.5 Å². The molecule has 4 aliphatic carbocycles. The molecule has 0 spiro atoms. The van der Waals surface area contributed by atoms with Gasteiger partial charge in [-0.15, -0.1) is 22.7 Å². The van der Waals surface area contributed by atoms with Gasteiger partial charge in [-0.2, -0.15) is 8.75 Å². The van der Waals surface area contributed by atoms with Crippen LogP contribution in [0.5, 0.6) is 11.5 Å². The molecular formula is C44H58N2O4S3.